The van der Waals surface area contributed by atoms with Crippen LogP contribution in [0.2, 0.25) is 0 Å². The smallest absolute Gasteiger partial charge is 0.118 e. The fourth-order valence-electron chi connectivity index (χ4n) is 2.68. The summed E-state index contributed by atoms with van der Waals surface area (Å²) < 4.78 is 5.90. The summed E-state index contributed by atoms with van der Waals surface area (Å²) in [7, 11) is 2.21. The van der Waals surface area contributed by atoms with E-state index in [2.05, 4.69) is 55.9 Å². The van der Waals surface area contributed by atoms with Crippen molar-refractivity contribution in [2.75, 3.05) is 33.2 Å². The van der Waals surface area contributed by atoms with E-state index in [0.29, 0.717) is 0 Å². The van der Waals surface area contributed by atoms with E-state index in [1.165, 1.54) is 25.1 Å². The number of hydrogen-bond donors (Lipinski definition) is 1. The van der Waals surface area contributed by atoms with Crippen molar-refractivity contribution in [3.05, 3.63) is 23.2 Å². The molecule has 4 heteroatoms. The van der Waals surface area contributed by atoms with E-state index < -0.39 is 0 Å². The van der Waals surface area contributed by atoms with E-state index in [-0.39, 0.29) is 5.54 Å². The maximum atomic E-state index is 5.90. The van der Waals surface area contributed by atoms with Crippen LogP contribution in [0.15, 0.2) is 10.5 Å². The average molecular weight is 293 g/mol. The van der Waals surface area contributed by atoms with Crippen LogP contribution in [-0.4, -0.2) is 48.6 Å². The van der Waals surface area contributed by atoms with Crippen molar-refractivity contribution in [1.29, 1.82) is 0 Å². The maximum Gasteiger partial charge on any atom is 0.118 e. The minimum absolute atomic E-state index is 0.121. The summed E-state index contributed by atoms with van der Waals surface area (Å²) in [5.41, 5.74) is 1.46. The SMILES string of the molecule is Cc1oc(CNC(C)(C)C)cc1CN1CCCN(C)CC1. The van der Waals surface area contributed by atoms with Gasteiger partial charge in [0.25, 0.3) is 0 Å². The molecular weight excluding hydrogens is 262 g/mol. The van der Waals surface area contributed by atoms with Crippen LogP contribution in [0.4, 0.5) is 0 Å². The van der Waals surface area contributed by atoms with Gasteiger partial charge < -0.3 is 14.6 Å². The molecular formula is C17H31N3O. The predicted octanol–water partition coefficient (Wildman–Crippen LogP) is 2.61. The third-order valence-electron chi connectivity index (χ3n) is 4.07. The third-order valence-corrected chi connectivity index (χ3v) is 4.07. The Morgan fingerprint density at radius 2 is 1.95 bits per heavy atom. The van der Waals surface area contributed by atoms with Crippen LogP contribution in [-0.2, 0) is 13.1 Å². The zero-order chi connectivity index (χ0) is 15.5. The van der Waals surface area contributed by atoms with E-state index in [0.717, 1.165) is 37.7 Å². The lowest BCUT2D eigenvalue weighted by Crippen LogP contribution is -2.34. The first-order valence-electron chi connectivity index (χ1n) is 8.07. The normalized spacial score (nSPS) is 18.9. The van der Waals surface area contributed by atoms with Gasteiger partial charge in [0, 0.05) is 30.7 Å². The zero-order valence-electron chi connectivity index (χ0n) is 14.3. The van der Waals surface area contributed by atoms with Gasteiger partial charge in [0.15, 0.2) is 0 Å². The van der Waals surface area contributed by atoms with Gasteiger partial charge >= 0.3 is 0 Å². The number of nitrogens with zero attached hydrogens (tertiary/aromatic N) is 2. The van der Waals surface area contributed by atoms with Crippen molar-refractivity contribution in [1.82, 2.24) is 15.1 Å². The van der Waals surface area contributed by atoms with Gasteiger partial charge in [-0.1, -0.05) is 0 Å². The van der Waals surface area contributed by atoms with Crippen LogP contribution in [0.3, 0.4) is 0 Å². The first-order chi connectivity index (χ1) is 9.83. The second-order valence-corrected chi connectivity index (χ2v) is 7.33. The van der Waals surface area contributed by atoms with Crippen molar-refractivity contribution in [2.24, 2.45) is 0 Å². The summed E-state index contributed by atoms with van der Waals surface area (Å²) in [6.45, 7) is 15.1. The molecule has 0 aliphatic carbocycles. The molecule has 1 saturated heterocycles. The molecule has 2 heterocycles. The average Bonchev–Trinajstić information content (AvgIpc) is 2.59. The summed E-state index contributed by atoms with van der Waals surface area (Å²) in [6.07, 6.45) is 1.26. The van der Waals surface area contributed by atoms with Crippen molar-refractivity contribution in [3.63, 3.8) is 0 Å². The first kappa shape index (κ1) is 16.5. The van der Waals surface area contributed by atoms with E-state index in [1.807, 2.05) is 0 Å². The Morgan fingerprint density at radius 1 is 1.19 bits per heavy atom. The largest absolute Gasteiger partial charge is 0.465 e. The molecule has 0 saturated carbocycles. The van der Waals surface area contributed by atoms with Gasteiger partial charge in [-0.05, 0) is 60.3 Å². The Labute approximate surface area is 129 Å². The second-order valence-electron chi connectivity index (χ2n) is 7.33. The molecule has 0 aromatic carbocycles. The molecule has 0 unspecified atom stereocenters. The van der Waals surface area contributed by atoms with Gasteiger partial charge in [0.2, 0.25) is 0 Å². The third kappa shape index (κ3) is 5.46. The highest BCUT2D eigenvalue weighted by atomic mass is 16.3. The molecule has 21 heavy (non-hydrogen) atoms. The van der Waals surface area contributed by atoms with Gasteiger partial charge in [0.05, 0.1) is 6.54 Å². The van der Waals surface area contributed by atoms with Crippen LogP contribution in [0.25, 0.3) is 0 Å². The van der Waals surface area contributed by atoms with Gasteiger partial charge in [-0.2, -0.15) is 0 Å². The molecule has 1 aromatic rings. The quantitative estimate of drug-likeness (QED) is 0.925. The van der Waals surface area contributed by atoms with Crippen LogP contribution >= 0.6 is 0 Å². The highest BCUT2D eigenvalue weighted by molar-refractivity contribution is 5.21. The summed E-state index contributed by atoms with van der Waals surface area (Å²) >= 11 is 0. The molecule has 1 aliphatic rings. The van der Waals surface area contributed by atoms with Gasteiger partial charge in [-0.15, -0.1) is 0 Å². The number of hydrogen-bond acceptors (Lipinski definition) is 4. The van der Waals surface area contributed by atoms with Gasteiger partial charge in [0.1, 0.15) is 11.5 Å². The van der Waals surface area contributed by atoms with Crippen molar-refractivity contribution in [2.45, 2.75) is 52.7 Å². The summed E-state index contributed by atoms with van der Waals surface area (Å²) in [5, 5.41) is 3.48. The van der Waals surface area contributed by atoms with E-state index in [1.54, 1.807) is 0 Å². The first-order valence-corrected chi connectivity index (χ1v) is 8.07. The molecule has 1 N–H and O–H groups in total. The Morgan fingerprint density at radius 3 is 2.67 bits per heavy atom. The number of aryl methyl sites for hydroxylation is 1. The van der Waals surface area contributed by atoms with Crippen molar-refractivity contribution in [3.8, 4) is 0 Å². The fraction of sp³-hybridized carbons (Fsp3) is 0.765. The van der Waals surface area contributed by atoms with Crippen LogP contribution in [0.5, 0.6) is 0 Å². The minimum Gasteiger partial charge on any atom is -0.465 e. The van der Waals surface area contributed by atoms with Crippen molar-refractivity contribution >= 4 is 0 Å². The Hall–Kier alpha value is -0.840. The van der Waals surface area contributed by atoms with E-state index in [4.69, 9.17) is 4.42 Å². The summed E-state index contributed by atoms with van der Waals surface area (Å²) in [5.74, 6) is 2.11. The molecule has 1 aliphatic heterocycles. The minimum atomic E-state index is 0.121. The lowest BCUT2D eigenvalue weighted by atomic mass is 10.1. The standard InChI is InChI=1S/C17H31N3O/c1-14-15(11-16(21-14)12-18-17(2,3)4)13-20-8-6-7-19(5)9-10-20/h11,18H,6-10,12-13H2,1-5H3. The molecule has 120 valence electrons. The van der Waals surface area contributed by atoms with E-state index >= 15 is 0 Å². The van der Waals surface area contributed by atoms with Crippen LogP contribution in [0.1, 0.15) is 44.3 Å². The van der Waals surface area contributed by atoms with Crippen LogP contribution < -0.4 is 5.32 Å². The Kier molecular flexibility index (Phi) is 5.47. The van der Waals surface area contributed by atoms with E-state index in [9.17, 15) is 0 Å². The molecule has 0 radical (unpaired) electrons. The number of rotatable bonds is 4. The molecule has 0 spiro atoms. The zero-order valence-corrected chi connectivity index (χ0v) is 14.3. The molecule has 4 nitrogen and oxygen atoms in total. The second kappa shape index (κ2) is 6.95. The lowest BCUT2D eigenvalue weighted by molar-refractivity contribution is 0.267. The summed E-state index contributed by atoms with van der Waals surface area (Å²) in [6, 6.07) is 2.22. The number of furan rings is 1. The molecule has 2 rings (SSSR count). The van der Waals surface area contributed by atoms with Gasteiger partial charge in [-0.25, -0.2) is 0 Å². The predicted molar refractivity (Wildman–Crippen MR) is 87.4 cm³/mol. The highest BCUT2D eigenvalue weighted by Gasteiger charge is 2.16. The highest BCUT2D eigenvalue weighted by Crippen LogP contribution is 2.18. The summed E-state index contributed by atoms with van der Waals surface area (Å²) in [4.78, 5) is 4.96. The molecule has 0 amide bonds. The van der Waals surface area contributed by atoms with Crippen molar-refractivity contribution < 1.29 is 4.42 Å². The number of likely N-dealkylation sites (N-methyl/N-ethyl adjacent to an activating group) is 1. The monoisotopic (exact) mass is 293 g/mol. The fourth-order valence-corrected chi connectivity index (χ4v) is 2.68. The lowest BCUT2D eigenvalue weighted by Gasteiger charge is -2.19. The Balaban J connectivity index is 1.92. The Bertz CT molecular complexity index is 447. The molecule has 0 atom stereocenters. The molecule has 1 fully saturated rings. The molecule has 1 aromatic heterocycles. The molecule has 0 bridgehead atoms. The number of nitrogens with one attached hydrogen (secondary N) is 1. The topological polar surface area (TPSA) is 31.7 Å². The maximum absolute atomic E-state index is 5.90. The van der Waals surface area contributed by atoms with Gasteiger partial charge in [-0.3, -0.25) is 4.90 Å². The van der Waals surface area contributed by atoms with Crippen LogP contribution in [0, 0.1) is 6.92 Å².